The average Bonchev–Trinajstić information content (AvgIpc) is 2.88. The second-order valence-electron chi connectivity index (χ2n) is 8.67. The molecule has 0 bridgehead atoms. The summed E-state index contributed by atoms with van der Waals surface area (Å²) in [5, 5.41) is 4.84. The summed E-state index contributed by atoms with van der Waals surface area (Å²) in [6, 6.07) is 18.2. The minimum atomic E-state index is -4.77. The number of carbonyl (C=O) groups is 2. The lowest BCUT2D eigenvalue weighted by Gasteiger charge is -2.14. The molecular weight excluding hydrogens is 538 g/mol. The summed E-state index contributed by atoms with van der Waals surface area (Å²) in [5.74, 6) is -1.93. The minimum Gasteiger partial charge on any atom is -0.399 e. The number of nitrogen functional groups attached to an aromatic ring is 2. The van der Waals surface area contributed by atoms with E-state index in [1.807, 2.05) is 0 Å². The number of alkyl halides is 6. The van der Waals surface area contributed by atoms with Gasteiger partial charge in [-0.05, 0) is 71.8 Å². The Labute approximate surface area is 223 Å². The number of anilines is 4. The first kappa shape index (κ1) is 28.0. The Morgan fingerprint density at radius 2 is 0.850 bits per heavy atom. The predicted octanol–water partition coefficient (Wildman–Crippen LogP) is 7.06. The fourth-order valence-electron chi connectivity index (χ4n) is 3.88. The van der Waals surface area contributed by atoms with Gasteiger partial charge in [0.2, 0.25) is 0 Å². The van der Waals surface area contributed by atoms with Gasteiger partial charge in [0.05, 0.1) is 22.3 Å². The van der Waals surface area contributed by atoms with Crippen molar-refractivity contribution in [3.63, 3.8) is 0 Å². The van der Waals surface area contributed by atoms with Gasteiger partial charge in [-0.25, -0.2) is 0 Å². The van der Waals surface area contributed by atoms with Crippen LogP contribution >= 0.6 is 0 Å². The van der Waals surface area contributed by atoms with Gasteiger partial charge in [0.15, 0.2) is 0 Å². The molecule has 0 spiro atoms. The molecule has 0 aliphatic rings. The molecule has 0 radical (unpaired) electrons. The molecule has 0 fully saturated rings. The number of benzene rings is 4. The lowest BCUT2D eigenvalue weighted by atomic mass is 10.0. The quantitative estimate of drug-likeness (QED) is 0.155. The molecule has 40 heavy (non-hydrogen) atoms. The summed E-state index contributed by atoms with van der Waals surface area (Å²) in [7, 11) is 0. The Kier molecular flexibility index (Phi) is 7.45. The first-order valence-electron chi connectivity index (χ1n) is 11.5. The fourth-order valence-corrected chi connectivity index (χ4v) is 3.88. The third kappa shape index (κ3) is 6.34. The normalized spacial score (nSPS) is 11.7. The van der Waals surface area contributed by atoms with Crippen LogP contribution in [-0.2, 0) is 12.4 Å². The molecular formula is C28H20F6N4O2. The van der Waals surface area contributed by atoms with Gasteiger partial charge in [-0.2, -0.15) is 26.3 Å². The summed E-state index contributed by atoms with van der Waals surface area (Å²) in [6.07, 6.45) is -9.54. The van der Waals surface area contributed by atoms with Crippen LogP contribution in [0.15, 0.2) is 84.9 Å². The summed E-state index contributed by atoms with van der Waals surface area (Å²) < 4.78 is 79.9. The highest BCUT2D eigenvalue weighted by molar-refractivity contribution is 6.06. The van der Waals surface area contributed by atoms with Crippen molar-refractivity contribution < 1.29 is 35.9 Å². The van der Waals surface area contributed by atoms with E-state index in [1.54, 1.807) is 24.3 Å². The van der Waals surface area contributed by atoms with Crippen molar-refractivity contribution in [2.45, 2.75) is 12.4 Å². The van der Waals surface area contributed by atoms with E-state index in [4.69, 9.17) is 11.5 Å². The number of halogens is 6. The Hall–Kier alpha value is -5.00. The Morgan fingerprint density at radius 3 is 1.15 bits per heavy atom. The summed E-state index contributed by atoms with van der Waals surface area (Å²) in [6.45, 7) is 0. The molecule has 0 aromatic heterocycles. The fraction of sp³-hybridized carbons (Fsp3) is 0.0714. The first-order chi connectivity index (χ1) is 18.7. The Balaban J connectivity index is 1.46. The zero-order valence-corrected chi connectivity index (χ0v) is 20.3. The van der Waals surface area contributed by atoms with Crippen LogP contribution in [0.4, 0.5) is 49.1 Å². The van der Waals surface area contributed by atoms with E-state index in [0.717, 1.165) is 12.1 Å². The van der Waals surface area contributed by atoms with Gasteiger partial charge < -0.3 is 22.1 Å². The SMILES string of the molecule is Nc1ccc(C(=O)Nc2ccc(-c3ccc(NC(=O)c4ccc(N)cc4C(F)(F)F)cc3)cc2)c(C(F)(F)F)c1. The van der Waals surface area contributed by atoms with Crippen molar-refractivity contribution in [1.29, 1.82) is 0 Å². The molecule has 0 saturated heterocycles. The van der Waals surface area contributed by atoms with Crippen molar-refractivity contribution in [2.75, 3.05) is 22.1 Å². The monoisotopic (exact) mass is 558 g/mol. The molecule has 6 N–H and O–H groups in total. The topological polar surface area (TPSA) is 110 Å². The third-order valence-electron chi connectivity index (χ3n) is 5.81. The Bertz CT molecular complexity index is 1450. The third-order valence-corrected chi connectivity index (χ3v) is 5.81. The van der Waals surface area contributed by atoms with E-state index in [-0.39, 0.29) is 22.7 Å². The lowest BCUT2D eigenvalue weighted by molar-refractivity contribution is -0.138. The van der Waals surface area contributed by atoms with Gasteiger partial charge in [-0.15, -0.1) is 0 Å². The van der Waals surface area contributed by atoms with Gasteiger partial charge >= 0.3 is 12.4 Å². The maximum absolute atomic E-state index is 13.3. The van der Waals surface area contributed by atoms with Gasteiger partial charge in [0.25, 0.3) is 11.8 Å². The summed E-state index contributed by atoms with van der Waals surface area (Å²) in [4.78, 5) is 25.0. The maximum atomic E-state index is 13.3. The minimum absolute atomic E-state index is 0.130. The van der Waals surface area contributed by atoms with Crippen LogP contribution in [0.2, 0.25) is 0 Å². The number of amides is 2. The lowest BCUT2D eigenvalue weighted by Crippen LogP contribution is -2.19. The van der Waals surface area contributed by atoms with E-state index < -0.39 is 46.4 Å². The molecule has 206 valence electrons. The summed E-state index contributed by atoms with van der Waals surface area (Å²) in [5.41, 5.74) is 8.96. The highest BCUT2D eigenvalue weighted by Gasteiger charge is 2.36. The van der Waals surface area contributed by atoms with Crippen LogP contribution in [0.1, 0.15) is 31.8 Å². The van der Waals surface area contributed by atoms with Gasteiger partial charge in [-0.3, -0.25) is 9.59 Å². The molecule has 4 aromatic carbocycles. The second-order valence-corrected chi connectivity index (χ2v) is 8.67. The molecule has 0 aliphatic carbocycles. The van der Waals surface area contributed by atoms with Crippen LogP contribution < -0.4 is 22.1 Å². The molecule has 0 unspecified atom stereocenters. The largest absolute Gasteiger partial charge is 0.417 e. The molecule has 12 heteroatoms. The number of hydrogen-bond donors (Lipinski definition) is 4. The molecule has 0 saturated carbocycles. The Morgan fingerprint density at radius 1 is 0.525 bits per heavy atom. The van der Waals surface area contributed by atoms with Gasteiger partial charge in [-0.1, -0.05) is 24.3 Å². The van der Waals surface area contributed by atoms with E-state index in [2.05, 4.69) is 10.6 Å². The van der Waals surface area contributed by atoms with Crippen molar-refractivity contribution in [1.82, 2.24) is 0 Å². The molecule has 0 aliphatic heterocycles. The van der Waals surface area contributed by atoms with E-state index >= 15 is 0 Å². The number of nitrogens with one attached hydrogen (secondary N) is 2. The van der Waals surface area contributed by atoms with Gasteiger partial charge in [0.1, 0.15) is 0 Å². The number of carbonyl (C=O) groups excluding carboxylic acids is 2. The van der Waals surface area contributed by atoms with E-state index in [1.165, 1.54) is 36.4 Å². The van der Waals surface area contributed by atoms with Crippen molar-refractivity contribution in [2.24, 2.45) is 0 Å². The zero-order chi connectivity index (χ0) is 29.2. The highest BCUT2D eigenvalue weighted by Crippen LogP contribution is 2.35. The maximum Gasteiger partial charge on any atom is 0.417 e. The molecule has 4 aromatic rings. The van der Waals surface area contributed by atoms with Crippen molar-refractivity contribution in [3.05, 3.63) is 107 Å². The van der Waals surface area contributed by atoms with Crippen LogP contribution in [0.5, 0.6) is 0 Å². The predicted molar refractivity (Wildman–Crippen MR) is 139 cm³/mol. The number of rotatable bonds is 5. The van der Waals surface area contributed by atoms with Gasteiger partial charge in [0, 0.05) is 22.7 Å². The first-order valence-corrected chi connectivity index (χ1v) is 11.5. The molecule has 6 nitrogen and oxygen atoms in total. The highest BCUT2D eigenvalue weighted by atomic mass is 19.4. The molecule has 0 atom stereocenters. The standard InChI is InChI=1S/C28H20F6N4O2/c29-27(30,31)23-13-17(35)5-11-21(23)25(39)37-19-7-1-15(2-8-19)16-3-9-20(10-4-16)38-26(40)22-12-6-18(36)14-24(22)28(32,33)34/h1-14H,35-36H2,(H,37,39)(H,38,40). The summed E-state index contributed by atoms with van der Waals surface area (Å²) >= 11 is 0. The van der Waals surface area contributed by atoms with Crippen LogP contribution in [0.25, 0.3) is 11.1 Å². The van der Waals surface area contributed by atoms with Crippen LogP contribution in [-0.4, -0.2) is 11.8 Å². The van der Waals surface area contributed by atoms with Crippen LogP contribution in [0, 0.1) is 0 Å². The van der Waals surface area contributed by atoms with E-state index in [9.17, 15) is 35.9 Å². The number of hydrogen-bond acceptors (Lipinski definition) is 4. The molecule has 4 rings (SSSR count). The van der Waals surface area contributed by atoms with Crippen molar-refractivity contribution >= 4 is 34.6 Å². The zero-order valence-electron chi connectivity index (χ0n) is 20.3. The molecule has 2 amide bonds. The van der Waals surface area contributed by atoms with E-state index in [0.29, 0.717) is 23.3 Å². The average molecular weight is 558 g/mol. The molecule has 0 heterocycles. The van der Waals surface area contributed by atoms with Crippen LogP contribution in [0.3, 0.4) is 0 Å². The second kappa shape index (κ2) is 10.6. The number of nitrogens with two attached hydrogens (primary N) is 2. The van der Waals surface area contributed by atoms with Crippen molar-refractivity contribution in [3.8, 4) is 11.1 Å². The smallest absolute Gasteiger partial charge is 0.399 e.